The van der Waals surface area contributed by atoms with Crippen LogP contribution >= 0.6 is 0 Å². The fourth-order valence-corrected chi connectivity index (χ4v) is 3.72. The highest BCUT2D eigenvalue weighted by Gasteiger charge is 2.42. The summed E-state index contributed by atoms with van der Waals surface area (Å²) < 4.78 is 0. The summed E-state index contributed by atoms with van der Waals surface area (Å²) in [6.07, 6.45) is 8.07. The monoisotopic (exact) mass is 294 g/mol. The molecule has 4 nitrogen and oxygen atoms in total. The van der Waals surface area contributed by atoms with Gasteiger partial charge in [-0.1, -0.05) is 46.5 Å². The van der Waals surface area contributed by atoms with Crippen molar-refractivity contribution < 1.29 is 9.59 Å². The Morgan fingerprint density at radius 1 is 1.14 bits per heavy atom. The maximum Gasteiger partial charge on any atom is 0.247 e. The zero-order chi connectivity index (χ0) is 15.4. The van der Waals surface area contributed by atoms with Crippen molar-refractivity contribution in [2.45, 2.75) is 90.3 Å². The van der Waals surface area contributed by atoms with E-state index in [1.165, 1.54) is 12.8 Å². The zero-order valence-electron chi connectivity index (χ0n) is 13.7. The maximum atomic E-state index is 12.6. The molecule has 0 spiro atoms. The number of likely N-dealkylation sites (tertiary alicyclic amines) is 1. The standard InChI is InChI=1S/C17H30N2O2/c1-4-14(12(2)3)18-15-11-16(20)19(17(15)21)13-9-7-5-6-8-10-13/h12-15,18H,4-11H2,1-3H3. The van der Waals surface area contributed by atoms with Crippen molar-refractivity contribution in [2.75, 3.05) is 0 Å². The summed E-state index contributed by atoms with van der Waals surface area (Å²) in [5.41, 5.74) is 0. The van der Waals surface area contributed by atoms with E-state index in [2.05, 4.69) is 26.1 Å². The summed E-state index contributed by atoms with van der Waals surface area (Å²) in [7, 11) is 0. The van der Waals surface area contributed by atoms with Gasteiger partial charge in [-0.3, -0.25) is 14.5 Å². The van der Waals surface area contributed by atoms with E-state index in [1.54, 1.807) is 4.90 Å². The van der Waals surface area contributed by atoms with Crippen LogP contribution in [0.4, 0.5) is 0 Å². The number of carbonyl (C=O) groups excluding carboxylic acids is 2. The number of rotatable bonds is 5. The molecule has 0 aromatic heterocycles. The maximum absolute atomic E-state index is 12.6. The highest BCUT2D eigenvalue weighted by Crippen LogP contribution is 2.27. The molecule has 2 rings (SSSR count). The minimum absolute atomic E-state index is 0.0194. The fraction of sp³-hybridized carbons (Fsp3) is 0.882. The molecule has 2 fully saturated rings. The summed E-state index contributed by atoms with van der Waals surface area (Å²) >= 11 is 0. The molecule has 1 saturated heterocycles. The van der Waals surface area contributed by atoms with Gasteiger partial charge in [-0.25, -0.2) is 0 Å². The lowest BCUT2D eigenvalue weighted by Crippen LogP contribution is -2.47. The van der Waals surface area contributed by atoms with Crippen molar-refractivity contribution in [1.82, 2.24) is 10.2 Å². The Labute approximate surface area is 128 Å². The molecule has 4 heteroatoms. The van der Waals surface area contributed by atoms with Gasteiger partial charge in [0, 0.05) is 12.1 Å². The van der Waals surface area contributed by atoms with E-state index in [-0.39, 0.29) is 23.9 Å². The van der Waals surface area contributed by atoms with Crippen molar-refractivity contribution in [3.63, 3.8) is 0 Å². The lowest BCUT2D eigenvalue weighted by atomic mass is 10.0. The van der Waals surface area contributed by atoms with Crippen LogP contribution < -0.4 is 5.32 Å². The number of imide groups is 1. The number of carbonyl (C=O) groups is 2. The van der Waals surface area contributed by atoms with Gasteiger partial charge in [0.1, 0.15) is 0 Å². The molecule has 1 aliphatic heterocycles. The van der Waals surface area contributed by atoms with E-state index >= 15 is 0 Å². The van der Waals surface area contributed by atoms with Gasteiger partial charge in [-0.05, 0) is 25.2 Å². The van der Waals surface area contributed by atoms with Crippen LogP contribution in [0.25, 0.3) is 0 Å². The Balaban J connectivity index is 2.01. The smallest absolute Gasteiger partial charge is 0.247 e. The molecule has 2 amide bonds. The molecule has 1 aliphatic carbocycles. The summed E-state index contributed by atoms with van der Waals surface area (Å²) in [6, 6.07) is 0.160. The average Bonchev–Trinajstić information content (AvgIpc) is 2.63. The highest BCUT2D eigenvalue weighted by molar-refractivity contribution is 6.05. The molecule has 2 unspecified atom stereocenters. The van der Waals surface area contributed by atoms with Crippen LogP contribution in [-0.4, -0.2) is 34.8 Å². The third kappa shape index (κ3) is 3.85. The fourth-order valence-electron chi connectivity index (χ4n) is 3.72. The van der Waals surface area contributed by atoms with Gasteiger partial charge in [0.15, 0.2) is 0 Å². The number of hydrogen-bond acceptors (Lipinski definition) is 3. The molecule has 2 atom stereocenters. The predicted molar refractivity (Wildman–Crippen MR) is 83.8 cm³/mol. The van der Waals surface area contributed by atoms with Gasteiger partial charge in [-0.15, -0.1) is 0 Å². The molecule has 0 aromatic rings. The number of amides is 2. The lowest BCUT2D eigenvalue weighted by molar-refractivity contribution is -0.142. The molecular formula is C17H30N2O2. The Bertz CT molecular complexity index is 373. The van der Waals surface area contributed by atoms with E-state index in [4.69, 9.17) is 0 Å². The molecular weight excluding hydrogens is 264 g/mol. The molecule has 1 heterocycles. The van der Waals surface area contributed by atoms with Crippen LogP contribution in [0.15, 0.2) is 0 Å². The van der Waals surface area contributed by atoms with Gasteiger partial charge in [-0.2, -0.15) is 0 Å². The predicted octanol–water partition coefficient (Wildman–Crippen LogP) is 2.86. The van der Waals surface area contributed by atoms with Crippen LogP contribution in [0.5, 0.6) is 0 Å². The molecule has 2 aliphatic rings. The van der Waals surface area contributed by atoms with Crippen LogP contribution in [-0.2, 0) is 9.59 Å². The van der Waals surface area contributed by atoms with Gasteiger partial charge in [0.25, 0.3) is 0 Å². The molecule has 21 heavy (non-hydrogen) atoms. The summed E-state index contributed by atoms with van der Waals surface area (Å²) in [4.78, 5) is 26.5. The van der Waals surface area contributed by atoms with E-state index in [0.717, 1.165) is 32.1 Å². The van der Waals surface area contributed by atoms with Crippen molar-refractivity contribution in [2.24, 2.45) is 5.92 Å². The highest BCUT2D eigenvalue weighted by atomic mass is 16.2. The summed E-state index contributed by atoms with van der Waals surface area (Å²) in [5.74, 6) is 0.527. The van der Waals surface area contributed by atoms with Crippen molar-refractivity contribution in [1.29, 1.82) is 0 Å². The van der Waals surface area contributed by atoms with Gasteiger partial charge >= 0.3 is 0 Å². The molecule has 0 radical (unpaired) electrons. The van der Waals surface area contributed by atoms with Crippen LogP contribution in [0.3, 0.4) is 0 Å². The Hall–Kier alpha value is -0.900. The first-order valence-corrected chi connectivity index (χ1v) is 8.66. The lowest BCUT2D eigenvalue weighted by Gasteiger charge is -2.27. The van der Waals surface area contributed by atoms with Gasteiger partial charge in [0.05, 0.1) is 12.5 Å². The molecule has 1 saturated carbocycles. The third-order valence-electron chi connectivity index (χ3n) is 5.03. The van der Waals surface area contributed by atoms with Crippen LogP contribution in [0.2, 0.25) is 0 Å². The second-order valence-electron chi connectivity index (χ2n) is 6.93. The number of hydrogen-bond donors (Lipinski definition) is 1. The third-order valence-corrected chi connectivity index (χ3v) is 5.03. The molecule has 1 N–H and O–H groups in total. The Morgan fingerprint density at radius 2 is 1.76 bits per heavy atom. The Kier molecular flexibility index (Phi) is 5.80. The number of nitrogens with zero attached hydrogens (tertiary/aromatic N) is 1. The summed E-state index contributed by atoms with van der Waals surface area (Å²) in [6.45, 7) is 6.44. The first-order chi connectivity index (χ1) is 10.0. The number of nitrogens with one attached hydrogen (secondary N) is 1. The average molecular weight is 294 g/mol. The topological polar surface area (TPSA) is 49.4 Å². The van der Waals surface area contributed by atoms with E-state index < -0.39 is 0 Å². The first-order valence-electron chi connectivity index (χ1n) is 8.66. The van der Waals surface area contributed by atoms with Crippen LogP contribution in [0, 0.1) is 5.92 Å². The zero-order valence-corrected chi connectivity index (χ0v) is 13.7. The van der Waals surface area contributed by atoms with Crippen molar-refractivity contribution in [3.8, 4) is 0 Å². The van der Waals surface area contributed by atoms with E-state index in [1.807, 2.05) is 0 Å². The van der Waals surface area contributed by atoms with Gasteiger partial charge in [0.2, 0.25) is 11.8 Å². The van der Waals surface area contributed by atoms with Crippen LogP contribution in [0.1, 0.15) is 72.1 Å². The second kappa shape index (κ2) is 7.39. The largest absolute Gasteiger partial charge is 0.302 e. The SMILES string of the molecule is CCC(NC1CC(=O)N(C2CCCCCC2)C1=O)C(C)C. The van der Waals surface area contributed by atoms with Crippen molar-refractivity contribution >= 4 is 11.8 Å². The summed E-state index contributed by atoms with van der Waals surface area (Å²) in [5, 5.41) is 3.42. The van der Waals surface area contributed by atoms with E-state index in [0.29, 0.717) is 18.4 Å². The Morgan fingerprint density at radius 3 is 2.29 bits per heavy atom. The normalized spacial score (nSPS) is 26.5. The van der Waals surface area contributed by atoms with E-state index in [9.17, 15) is 9.59 Å². The molecule has 120 valence electrons. The molecule has 0 bridgehead atoms. The second-order valence-corrected chi connectivity index (χ2v) is 6.93. The minimum Gasteiger partial charge on any atom is -0.302 e. The minimum atomic E-state index is -0.298. The van der Waals surface area contributed by atoms with Gasteiger partial charge < -0.3 is 5.32 Å². The van der Waals surface area contributed by atoms with Crippen molar-refractivity contribution in [3.05, 3.63) is 0 Å². The first kappa shape index (κ1) is 16.5. The quantitative estimate of drug-likeness (QED) is 0.626. The molecule has 0 aromatic carbocycles.